The largest absolute Gasteiger partial charge is 0.423 e. The summed E-state index contributed by atoms with van der Waals surface area (Å²) in [6, 6.07) is 32.9. The molecule has 0 aliphatic carbocycles. The van der Waals surface area contributed by atoms with E-state index < -0.39 is 5.97 Å². The maximum atomic E-state index is 12.4. The molecular weight excluding hydrogens is 360 g/mol. The predicted molar refractivity (Wildman–Crippen MR) is 113 cm³/mol. The summed E-state index contributed by atoms with van der Waals surface area (Å²) in [4.78, 5) is 24.9. The quantitative estimate of drug-likeness (QED) is 0.250. The molecule has 0 unspecified atom stereocenters. The summed E-state index contributed by atoms with van der Waals surface area (Å²) in [7, 11) is 0. The lowest BCUT2D eigenvalue weighted by atomic mass is 10.0. The molecule has 0 spiro atoms. The normalized spacial score (nSPS) is 10.3. The van der Waals surface area contributed by atoms with Crippen LogP contribution in [0.4, 0.5) is 0 Å². The number of hydrogen-bond acceptors (Lipinski definition) is 3. The van der Waals surface area contributed by atoms with Crippen molar-refractivity contribution in [2.75, 3.05) is 0 Å². The lowest BCUT2D eigenvalue weighted by Gasteiger charge is -2.07. The van der Waals surface area contributed by atoms with Crippen LogP contribution < -0.4 is 4.74 Å². The maximum absolute atomic E-state index is 12.4. The second kappa shape index (κ2) is 8.36. The Morgan fingerprint density at radius 2 is 0.966 bits per heavy atom. The van der Waals surface area contributed by atoms with Gasteiger partial charge in [0, 0.05) is 11.1 Å². The van der Waals surface area contributed by atoms with Crippen molar-refractivity contribution in [1.82, 2.24) is 0 Å². The van der Waals surface area contributed by atoms with E-state index in [1.165, 1.54) is 0 Å². The molecule has 0 aliphatic rings. The zero-order valence-corrected chi connectivity index (χ0v) is 15.6. The van der Waals surface area contributed by atoms with E-state index in [0.717, 1.165) is 11.1 Å². The number of benzene rings is 4. The van der Waals surface area contributed by atoms with E-state index >= 15 is 0 Å². The first-order chi connectivity index (χ1) is 14.2. The fourth-order valence-corrected chi connectivity index (χ4v) is 3.03. The molecule has 4 aromatic rings. The third-order valence-corrected chi connectivity index (χ3v) is 4.59. The highest BCUT2D eigenvalue weighted by Crippen LogP contribution is 2.21. The summed E-state index contributed by atoms with van der Waals surface area (Å²) in [6.07, 6.45) is 0. The smallest absolute Gasteiger partial charge is 0.343 e. The van der Waals surface area contributed by atoms with Crippen molar-refractivity contribution < 1.29 is 14.3 Å². The van der Waals surface area contributed by atoms with Gasteiger partial charge in [0.05, 0.1) is 5.56 Å². The number of ketones is 1. The van der Waals surface area contributed by atoms with Crippen LogP contribution in [0.5, 0.6) is 5.75 Å². The first-order valence-corrected chi connectivity index (χ1v) is 9.28. The monoisotopic (exact) mass is 378 g/mol. The van der Waals surface area contributed by atoms with Gasteiger partial charge in [0.25, 0.3) is 0 Å². The van der Waals surface area contributed by atoms with Crippen molar-refractivity contribution in [3.63, 3.8) is 0 Å². The Bertz CT molecular complexity index is 1110. The molecule has 0 N–H and O–H groups in total. The Morgan fingerprint density at radius 3 is 1.59 bits per heavy atom. The minimum atomic E-state index is -0.438. The average molecular weight is 378 g/mol. The number of esters is 1. The van der Waals surface area contributed by atoms with E-state index in [2.05, 4.69) is 0 Å². The van der Waals surface area contributed by atoms with Gasteiger partial charge < -0.3 is 4.74 Å². The van der Waals surface area contributed by atoms with Gasteiger partial charge in [-0.2, -0.15) is 0 Å². The molecule has 0 aliphatic heterocycles. The molecule has 4 aromatic carbocycles. The third kappa shape index (κ3) is 4.30. The topological polar surface area (TPSA) is 43.4 Å². The third-order valence-electron chi connectivity index (χ3n) is 4.59. The van der Waals surface area contributed by atoms with Crippen LogP contribution in [0.1, 0.15) is 26.3 Å². The molecule has 3 nitrogen and oxygen atoms in total. The Kier molecular flexibility index (Phi) is 5.30. The fraction of sp³-hybridized carbons (Fsp3) is 0. The SMILES string of the molecule is O=C(Oc1ccc(C(=O)c2ccccc2)cc1)c1ccc(-c2ccccc2)cc1. The average Bonchev–Trinajstić information content (AvgIpc) is 2.80. The summed E-state index contributed by atoms with van der Waals surface area (Å²) in [6.45, 7) is 0. The van der Waals surface area contributed by atoms with Crippen LogP contribution in [0.25, 0.3) is 11.1 Å². The number of hydrogen-bond donors (Lipinski definition) is 0. The van der Waals surface area contributed by atoms with Crippen LogP contribution in [0.3, 0.4) is 0 Å². The summed E-state index contributed by atoms with van der Waals surface area (Å²) in [5, 5.41) is 0. The van der Waals surface area contributed by atoms with Crippen molar-refractivity contribution in [2.45, 2.75) is 0 Å². The second-order valence-corrected chi connectivity index (χ2v) is 6.55. The van der Waals surface area contributed by atoms with Crippen LogP contribution >= 0.6 is 0 Å². The summed E-state index contributed by atoms with van der Waals surface area (Å²) in [5.74, 6) is -0.113. The zero-order valence-electron chi connectivity index (χ0n) is 15.6. The summed E-state index contributed by atoms with van der Waals surface area (Å²) >= 11 is 0. The van der Waals surface area contributed by atoms with Crippen molar-refractivity contribution in [3.8, 4) is 16.9 Å². The van der Waals surface area contributed by atoms with Crippen LogP contribution in [0.2, 0.25) is 0 Å². The Hall–Kier alpha value is -3.98. The standard InChI is InChI=1S/C26H18O3/c27-25(21-9-5-2-6-10-21)22-15-17-24(18-16-22)29-26(28)23-13-11-20(12-14-23)19-7-3-1-4-8-19/h1-18H. The molecule has 4 rings (SSSR count). The molecule has 0 bridgehead atoms. The van der Waals surface area contributed by atoms with Gasteiger partial charge >= 0.3 is 5.97 Å². The number of carbonyl (C=O) groups excluding carboxylic acids is 2. The molecule has 0 amide bonds. The van der Waals surface area contributed by atoms with Gasteiger partial charge in [-0.05, 0) is 47.5 Å². The van der Waals surface area contributed by atoms with Gasteiger partial charge in [0.1, 0.15) is 5.75 Å². The van der Waals surface area contributed by atoms with E-state index in [1.54, 1.807) is 48.5 Å². The van der Waals surface area contributed by atoms with E-state index in [1.807, 2.05) is 60.7 Å². The van der Waals surface area contributed by atoms with Crippen LogP contribution in [-0.4, -0.2) is 11.8 Å². The van der Waals surface area contributed by atoms with Crippen LogP contribution in [-0.2, 0) is 0 Å². The van der Waals surface area contributed by atoms with Gasteiger partial charge in [0.15, 0.2) is 5.78 Å². The molecule has 0 aromatic heterocycles. The molecule has 0 atom stereocenters. The lowest BCUT2D eigenvalue weighted by molar-refractivity contribution is 0.0734. The molecule has 0 saturated heterocycles. The van der Waals surface area contributed by atoms with Gasteiger partial charge in [-0.3, -0.25) is 4.79 Å². The molecule has 140 valence electrons. The first kappa shape index (κ1) is 18.4. The van der Waals surface area contributed by atoms with Crippen molar-refractivity contribution in [2.24, 2.45) is 0 Å². The second-order valence-electron chi connectivity index (χ2n) is 6.55. The molecule has 29 heavy (non-hydrogen) atoms. The fourth-order valence-electron chi connectivity index (χ4n) is 3.03. The predicted octanol–water partition coefficient (Wildman–Crippen LogP) is 5.80. The molecule has 3 heteroatoms. The summed E-state index contributed by atoms with van der Waals surface area (Å²) < 4.78 is 5.44. The van der Waals surface area contributed by atoms with E-state index in [4.69, 9.17) is 4.74 Å². The Labute approximate surface area is 169 Å². The highest BCUT2D eigenvalue weighted by atomic mass is 16.5. The van der Waals surface area contributed by atoms with Gasteiger partial charge in [-0.25, -0.2) is 4.79 Å². The number of ether oxygens (including phenoxy) is 1. The van der Waals surface area contributed by atoms with Crippen molar-refractivity contribution in [1.29, 1.82) is 0 Å². The minimum absolute atomic E-state index is 0.0695. The Morgan fingerprint density at radius 1 is 0.483 bits per heavy atom. The van der Waals surface area contributed by atoms with Crippen molar-refractivity contribution in [3.05, 3.63) is 126 Å². The van der Waals surface area contributed by atoms with Gasteiger partial charge in [-0.1, -0.05) is 72.8 Å². The zero-order chi connectivity index (χ0) is 20.1. The molecular formula is C26H18O3. The molecule has 0 radical (unpaired) electrons. The summed E-state index contributed by atoms with van der Waals surface area (Å²) in [5.41, 5.74) is 3.75. The van der Waals surface area contributed by atoms with E-state index in [9.17, 15) is 9.59 Å². The van der Waals surface area contributed by atoms with Crippen LogP contribution in [0.15, 0.2) is 109 Å². The van der Waals surface area contributed by atoms with Gasteiger partial charge in [0.2, 0.25) is 0 Å². The lowest BCUT2D eigenvalue weighted by Crippen LogP contribution is -2.08. The molecule has 0 saturated carbocycles. The Balaban J connectivity index is 1.44. The van der Waals surface area contributed by atoms with Crippen molar-refractivity contribution >= 4 is 11.8 Å². The van der Waals surface area contributed by atoms with E-state index in [0.29, 0.717) is 22.4 Å². The number of rotatable bonds is 5. The maximum Gasteiger partial charge on any atom is 0.343 e. The van der Waals surface area contributed by atoms with E-state index in [-0.39, 0.29) is 5.78 Å². The highest BCUT2D eigenvalue weighted by Gasteiger charge is 2.11. The highest BCUT2D eigenvalue weighted by molar-refractivity contribution is 6.09. The van der Waals surface area contributed by atoms with Crippen LogP contribution in [0, 0.1) is 0 Å². The van der Waals surface area contributed by atoms with Gasteiger partial charge in [-0.15, -0.1) is 0 Å². The molecule has 0 fully saturated rings. The first-order valence-electron chi connectivity index (χ1n) is 9.28. The minimum Gasteiger partial charge on any atom is -0.423 e. The molecule has 0 heterocycles. The number of carbonyl (C=O) groups is 2.